The summed E-state index contributed by atoms with van der Waals surface area (Å²) in [6.07, 6.45) is 7.02. The topological polar surface area (TPSA) is 66.9 Å². The van der Waals surface area contributed by atoms with E-state index in [-0.39, 0.29) is 5.91 Å². The van der Waals surface area contributed by atoms with Crippen LogP contribution in [-0.4, -0.2) is 15.9 Å². The molecule has 3 aromatic rings. The highest BCUT2D eigenvalue weighted by atomic mass is 16.2. The first kappa shape index (κ1) is 19.7. The van der Waals surface area contributed by atoms with E-state index < -0.39 is 6.04 Å². The predicted molar refractivity (Wildman–Crippen MR) is 111 cm³/mol. The summed E-state index contributed by atoms with van der Waals surface area (Å²) in [5.41, 5.74) is 6.56. The average molecular weight is 374 g/mol. The molecule has 0 bridgehead atoms. The first-order valence-electron chi connectivity index (χ1n) is 9.41. The Labute approximate surface area is 166 Å². The number of nitrogens with one attached hydrogen (secondary N) is 2. The quantitative estimate of drug-likeness (QED) is 0.664. The van der Waals surface area contributed by atoms with Crippen molar-refractivity contribution in [1.29, 1.82) is 0 Å². The number of aryl methyl sites for hydroxylation is 3. The fourth-order valence-corrected chi connectivity index (χ4v) is 3.15. The number of nitrogens with zero attached hydrogens (tertiary/aromatic N) is 2. The molecular weight excluding hydrogens is 348 g/mol. The third-order valence-corrected chi connectivity index (χ3v) is 4.90. The van der Waals surface area contributed by atoms with E-state index in [1.165, 1.54) is 11.1 Å². The maximum atomic E-state index is 13.1. The third-order valence-electron chi connectivity index (χ3n) is 4.90. The Morgan fingerprint density at radius 3 is 2.36 bits per heavy atom. The van der Waals surface area contributed by atoms with Gasteiger partial charge in [0.1, 0.15) is 6.04 Å². The Kier molecular flexibility index (Phi) is 6.50. The first-order valence-corrected chi connectivity index (χ1v) is 9.41. The Morgan fingerprint density at radius 2 is 1.64 bits per heavy atom. The molecule has 0 fully saturated rings. The summed E-state index contributed by atoms with van der Waals surface area (Å²) in [6, 6.07) is 11.5. The molecule has 0 aliphatic carbocycles. The van der Waals surface area contributed by atoms with Crippen molar-refractivity contribution in [2.24, 2.45) is 0 Å². The van der Waals surface area contributed by atoms with E-state index in [0.29, 0.717) is 13.1 Å². The van der Waals surface area contributed by atoms with Crippen molar-refractivity contribution >= 4 is 5.91 Å². The SMILES string of the molecule is Cc1cc(C)c(C(NCc2cccnc2)C(=O)NCc2ccncc2)cc1C. The molecule has 0 aliphatic heterocycles. The zero-order valence-electron chi connectivity index (χ0n) is 16.6. The van der Waals surface area contributed by atoms with Crippen LogP contribution in [0.15, 0.2) is 61.2 Å². The average Bonchev–Trinajstić information content (AvgIpc) is 2.71. The monoisotopic (exact) mass is 374 g/mol. The summed E-state index contributed by atoms with van der Waals surface area (Å²) in [4.78, 5) is 21.3. The van der Waals surface area contributed by atoms with Crippen molar-refractivity contribution in [2.75, 3.05) is 0 Å². The second kappa shape index (κ2) is 9.24. The zero-order valence-corrected chi connectivity index (χ0v) is 16.6. The maximum Gasteiger partial charge on any atom is 0.242 e. The van der Waals surface area contributed by atoms with Gasteiger partial charge in [-0.1, -0.05) is 18.2 Å². The molecule has 5 nitrogen and oxygen atoms in total. The van der Waals surface area contributed by atoms with Crippen LogP contribution in [0.2, 0.25) is 0 Å². The van der Waals surface area contributed by atoms with Gasteiger partial charge in [0.2, 0.25) is 5.91 Å². The minimum absolute atomic E-state index is 0.0490. The molecule has 1 atom stereocenters. The highest BCUT2D eigenvalue weighted by Crippen LogP contribution is 2.23. The number of hydrogen-bond acceptors (Lipinski definition) is 4. The lowest BCUT2D eigenvalue weighted by molar-refractivity contribution is -0.123. The smallest absolute Gasteiger partial charge is 0.242 e. The van der Waals surface area contributed by atoms with E-state index in [9.17, 15) is 4.79 Å². The standard InChI is InChI=1S/C23H26N4O/c1-16-11-18(3)21(12-17(16)2)22(26-15-20-5-4-8-25-13-20)23(28)27-14-19-6-9-24-10-7-19/h4-13,22,26H,14-15H2,1-3H3,(H,27,28). The number of amides is 1. The van der Waals surface area contributed by atoms with E-state index in [4.69, 9.17) is 0 Å². The van der Waals surface area contributed by atoms with Gasteiger partial charge in [0, 0.05) is 37.9 Å². The molecular formula is C23H26N4O. The second-order valence-corrected chi connectivity index (χ2v) is 7.04. The van der Waals surface area contributed by atoms with E-state index in [2.05, 4.69) is 53.5 Å². The van der Waals surface area contributed by atoms with Gasteiger partial charge >= 0.3 is 0 Å². The molecule has 144 valence electrons. The fourth-order valence-electron chi connectivity index (χ4n) is 3.15. The van der Waals surface area contributed by atoms with E-state index in [1.54, 1.807) is 18.6 Å². The zero-order chi connectivity index (χ0) is 19.9. The Morgan fingerprint density at radius 1 is 0.893 bits per heavy atom. The van der Waals surface area contributed by atoms with Gasteiger partial charge in [0.05, 0.1) is 0 Å². The number of pyridine rings is 2. The van der Waals surface area contributed by atoms with E-state index in [1.807, 2.05) is 30.5 Å². The predicted octanol–water partition coefficient (Wildman–Crippen LogP) is 3.55. The van der Waals surface area contributed by atoms with E-state index in [0.717, 1.165) is 22.3 Å². The summed E-state index contributed by atoms with van der Waals surface area (Å²) < 4.78 is 0. The Bertz CT molecular complexity index is 926. The summed E-state index contributed by atoms with van der Waals surface area (Å²) in [5.74, 6) is -0.0490. The fraction of sp³-hybridized carbons (Fsp3) is 0.261. The van der Waals surface area contributed by atoms with Crippen molar-refractivity contribution in [3.8, 4) is 0 Å². The van der Waals surface area contributed by atoms with Crippen LogP contribution in [0.5, 0.6) is 0 Å². The molecule has 2 aromatic heterocycles. The Balaban J connectivity index is 1.81. The van der Waals surface area contributed by atoms with Gasteiger partial charge in [-0.15, -0.1) is 0 Å². The molecule has 28 heavy (non-hydrogen) atoms. The minimum Gasteiger partial charge on any atom is -0.350 e. The van der Waals surface area contributed by atoms with Crippen LogP contribution in [0.1, 0.15) is 39.4 Å². The molecule has 1 amide bonds. The number of rotatable bonds is 7. The first-order chi connectivity index (χ1) is 13.5. The van der Waals surface area contributed by atoms with Crippen LogP contribution in [0.25, 0.3) is 0 Å². The van der Waals surface area contributed by atoms with Crippen LogP contribution in [-0.2, 0) is 17.9 Å². The van der Waals surface area contributed by atoms with Crippen LogP contribution in [0.3, 0.4) is 0 Å². The van der Waals surface area contributed by atoms with Crippen LogP contribution >= 0.6 is 0 Å². The number of benzene rings is 1. The number of aromatic nitrogens is 2. The molecule has 1 unspecified atom stereocenters. The molecule has 0 radical (unpaired) electrons. The lowest BCUT2D eigenvalue weighted by Gasteiger charge is -2.22. The molecule has 5 heteroatoms. The highest BCUT2D eigenvalue weighted by molar-refractivity contribution is 5.83. The third kappa shape index (κ3) is 5.02. The second-order valence-electron chi connectivity index (χ2n) is 7.04. The van der Waals surface area contributed by atoms with Crippen molar-refractivity contribution in [1.82, 2.24) is 20.6 Å². The summed E-state index contributed by atoms with van der Waals surface area (Å²) in [7, 11) is 0. The molecule has 0 spiro atoms. The van der Waals surface area contributed by atoms with Gasteiger partial charge in [-0.3, -0.25) is 20.1 Å². The van der Waals surface area contributed by atoms with E-state index >= 15 is 0 Å². The number of hydrogen-bond donors (Lipinski definition) is 2. The molecule has 0 saturated carbocycles. The Hall–Kier alpha value is -3.05. The number of carbonyl (C=O) groups is 1. The van der Waals surface area contributed by atoms with Crippen molar-refractivity contribution in [3.63, 3.8) is 0 Å². The molecule has 0 aliphatic rings. The van der Waals surface area contributed by atoms with Gasteiger partial charge in [-0.25, -0.2) is 0 Å². The number of carbonyl (C=O) groups excluding carboxylic acids is 1. The molecule has 2 N–H and O–H groups in total. The van der Waals surface area contributed by atoms with Gasteiger partial charge < -0.3 is 5.32 Å². The highest BCUT2D eigenvalue weighted by Gasteiger charge is 2.22. The summed E-state index contributed by atoms with van der Waals surface area (Å²) in [6.45, 7) is 7.25. The molecule has 2 heterocycles. The molecule has 1 aromatic carbocycles. The largest absolute Gasteiger partial charge is 0.350 e. The van der Waals surface area contributed by atoms with Gasteiger partial charge in [0.25, 0.3) is 0 Å². The van der Waals surface area contributed by atoms with Gasteiger partial charge in [-0.05, 0) is 72.4 Å². The van der Waals surface area contributed by atoms with Gasteiger partial charge in [-0.2, -0.15) is 0 Å². The normalized spacial score (nSPS) is 11.8. The van der Waals surface area contributed by atoms with Crippen molar-refractivity contribution in [2.45, 2.75) is 39.9 Å². The summed E-state index contributed by atoms with van der Waals surface area (Å²) in [5, 5.41) is 6.46. The molecule has 3 rings (SSSR count). The lowest BCUT2D eigenvalue weighted by Crippen LogP contribution is -2.37. The van der Waals surface area contributed by atoms with Crippen LogP contribution < -0.4 is 10.6 Å². The minimum atomic E-state index is -0.443. The van der Waals surface area contributed by atoms with Gasteiger partial charge in [0.15, 0.2) is 0 Å². The van der Waals surface area contributed by atoms with Crippen molar-refractivity contribution < 1.29 is 4.79 Å². The summed E-state index contributed by atoms with van der Waals surface area (Å²) >= 11 is 0. The lowest BCUT2D eigenvalue weighted by atomic mass is 9.95. The van der Waals surface area contributed by atoms with Crippen molar-refractivity contribution in [3.05, 3.63) is 94.6 Å². The maximum absolute atomic E-state index is 13.1. The van der Waals surface area contributed by atoms with Crippen LogP contribution in [0, 0.1) is 20.8 Å². The molecule has 0 saturated heterocycles. The van der Waals surface area contributed by atoms with Crippen LogP contribution in [0.4, 0.5) is 0 Å².